The maximum absolute atomic E-state index is 6.95. The lowest BCUT2D eigenvalue weighted by atomic mass is 9.82. The number of furan rings is 1. The molecule has 11 aromatic rings. The molecule has 1 aliphatic carbocycles. The zero-order chi connectivity index (χ0) is 38.5. The van der Waals surface area contributed by atoms with Gasteiger partial charge in [0.1, 0.15) is 11.2 Å². The van der Waals surface area contributed by atoms with Crippen molar-refractivity contribution < 1.29 is 4.42 Å². The minimum atomic E-state index is -0.152. The minimum Gasteiger partial charge on any atom is -0.455 e. The molecule has 2 heterocycles. The molecule has 274 valence electrons. The Hall–Kier alpha value is -7.36. The molecule has 9 aromatic carbocycles. The van der Waals surface area contributed by atoms with Crippen molar-refractivity contribution in [3.63, 3.8) is 0 Å². The highest BCUT2D eigenvalue weighted by Crippen LogP contribution is 2.52. The van der Waals surface area contributed by atoms with Gasteiger partial charge in [-0.1, -0.05) is 153 Å². The summed E-state index contributed by atoms with van der Waals surface area (Å²) in [6.45, 7) is 4.71. The molecule has 0 unspecified atom stereocenters. The van der Waals surface area contributed by atoms with E-state index in [4.69, 9.17) is 4.42 Å². The van der Waals surface area contributed by atoms with Crippen LogP contribution in [-0.2, 0) is 5.41 Å². The molecule has 0 saturated carbocycles. The quantitative estimate of drug-likeness (QED) is 0.175. The first-order valence-electron chi connectivity index (χ1n) is 20.1. The number of hydrogen-bond donors (Lipinski definition) is 0. The summed E-state index contributed by atoms with van der Waals surface area (Å²) in [5.74, 6) is 0. The molecule has 3 nitrogen and oxygen atoms in total. The first-order chi connectivity index (χ1) is 28.5. The van der Waals surface area contributed by atoms with Crippen LogP contribution in [0.4, 0.5) is 17.1 Å². The lowest BCUT2D eigenvalue weighted by molar-refractivity contribution is 0.660. The molecule has 0 amide bonds. The van der Waals surface area contributed by atoms with Crippen LogP contribution in [0.15, 0.2) is 199 Å². The van der Waals surface area contributed by atoms with Gasteiger partial charge in [-0.25, -0.2) is 0 Å². The molecule has 0 spiro atoms. The zero-order valence-corrected chi connectivity index (χ0v) is 32.3. The molecule has 0 saturated heterocycles. The lowest BCUT2D eigenvalue weighted by Crippen LogP contribution is -2.17. The molecule has 58 heavy (non-hydrogen) atoms. The fourth-order valence-electron chi connectivity index (χ4n) is 9.87. The lowest BCUT2D eigenvalue weighted by Gasteiger charge is -2.30. The highest BCUT2D eigenvalue weighted by atomic mass is 16.3. The zero-order valence-electron chi connectivity index (χ0n) is 32.3. The van der Waals surface area contributed by atoms with Gasteiger partial charge in [0.25, 0.3) is 0 Å². The van der Waals surface area contributed by atoms with Gasteiger partial charge >= 0.3 is 0 Å². The Bertz CT molecular complexity index is 3400. The number of para-hydroxylation sites is 4. The van der Waals surface area contributed by atoms with Gasteiger partial charge < -0.3 is 13.9 Å². The summed E-state index contributed by atoms with van der Waals surface area (Å²) in [5.41, 5.74) is 15.9. The molecule has 1 aliphatic rings. The van der Waals surface area contributed by atoms with Crippen molar-refractivity contribution in [3.05, 3.63) is 205 Å². The number of rotatable bonds is 5. The molecule has 0 N–H and O–H groups in total. The maximum Gasteiger partial charge on any atom is 0.143 e. The summed E-state index contributed by atoms with van der Waals surface area (Å²) in [4.78, 5) is 2.45. The van der Waals surface area contributed by atoms with Crippen LogP contribution < -0.4 is 4.90 Å². The van der Waals surface area contributed by atoms with Crippen LogP contribution in [0.5, 0.6) is 0 Å². The van der Waals surface area contributed by atoms with Crippen molar-refractivity contribution in [2.45, 2.75) is 19.3 Å². The standard InChI is InChI=1S/C55H38N2O/c1-55(2)48-25-9-5-19-40(48)41-32-30-38(34-49(41)55)56(36-16-13-17-37(33-36)57-51-27-11-6-20-42(51)43-21-7-12-28-52(43)57)50-26-10-8-22-44(50)45-23-14-24-46-47-31-29-35-15-3-4-18-39(35)53(47)58-54(45)46/h3-34H,1-2H3. The third-order valence-electron chi connectivity index (χ3n) is 12.6. The molecule has 0 radical (unpaired) electrons. The topological polar surface area (TPSA) is 21.3 Å². The van der Waals surface area contributed by atoms with Crippen LogP contribution in [-0.4, -0.2) is 4.57 Å². The van der Waals surface area contributed by atoms with Crippen LogP contribution >= 0.6 is 0 Å². The Morgan fingerprint density at radius 2 is 1.02 bits per heavy atom. The predicted octanol–water partition coefficient (Wildman–Crippen LogP) is 15.3. The Kier molecular flexibility index (Phi) is 6.98. The van der Waals surface area contributed by atoms with Crippen LogP contribution in [0.25, 0.3) is 82.5 Å². The number of aromatic nitrogens is 1. The number of benzene rings is 9. The molecule has 3 heteroatoms. The summed E-state index contributed by atoms with van der Waals surface area (Å²) in [7, 11) is 0. The van der Waals surface area contributed by atoms with E-state index in [-0.39, 0.29) is 5.41 Å². The second kappa shape index (κ2) is 12.3. The van der Waals surface area contributed by atoms with Crippen molar-refractivity contribution in [1.82, 2.24) is 4.57 Å². The monoisotopic (exact) mass is 742 g/mol. The third-order valence-corrected chi connectivity index (χ3v) is 12.6. The van der Waals surface area contributed by atoms with Gasteiger partial charge in [0.05, 0.1) is 16.7 Å². The predicted molar refractivity (Wildman–Crippen MR) is 243 cm³/mol. The second-order valence-electron chi connectivity index (χ2n) is 16.1. The highest BCUT2D eigenvalue weighted by molar-refractivity contribution is 6.18. The van der Waals surface area contributed by atoms with E-state index in [0.29, 0.717) is 0 Å². The first-order valence-corrected chi connectivity index (χ1v) is 20.1. The Labute approximate surface area is 336 Å². The average Bonchev–Trinajstić information content (AvgIpc) is 3.90. The number of nitrogens with zero attached hydrogens (tertiary/aromatic N) is 2. The minimum absolute atomic E-state index is 0.152. The molecule has 0 atom stereocenters. The number of hydrogen-bond acceptors (Lipinski definition) is 2. The second-order valence-corrected chi connectivity index (χ2v) is 16.1. The molecule has 2 aromatic heterocycles. The summed E-state index contributed by atoms with van der Waals surface area (Å²) >= 11 is 0. The van der Waals surface area contributed by atoms with Crippen molar-refractivity contribution in [2.24, 2.45) is 0 Å². The summed E-state index contributed by atoms with van der Waals surface area (Å²) < 4.78 is 9.35. The smallest absolute Gasteiger partial charge is 0.143 e. The molecular weight excluding hydrogens is 705 g/mol. The van der Waals surface area contributed by atoms with Crippen molar-refractivity contribution in [2.75, 3.05) is 4.90 Å². The van der Waals surface area contributed by atoms with E-state index >= 15 is 0 Å². The van der Waals surface area contributed by atoms with Crippen molar-refractivity contribution in [3.8, 4) is 27.9 Å². The summed E-state index contributed by atoms with van der Waals surface area (Å²) in [6, 6.07) is 70.6. The number of anilines is 3. The molecule has 12 rings (SSSR count). The highest BCUT2D eigenvalue weighted by Gasteiger charge is 2.36. The van der Waals surface area contributed by atoms with Crippen LogP contribution in [0, 0.1) is 0 Å². The van der Waals surface area contributed by atoms with E-state index in [9.17, 15) is 0 Å². The van der Waals surface area contributed by atoms with Gasteiger partial charge in [-0.05, 0) is 82.2 Å². The molecule has 0 aliphatic heterocycles. The van der Waals surface area contributed by atoms with Gasteiger partial charge in [0.2, 0.25) is 0 Å². The van der Waals surface area contributed by atoms with E-state index in [1.807, 2.05) is 0 Å². The van der Waals surface area contributed by atoms with Gasteiger partial charge in [-0.2, -0.15) is 0 Å². The van der Waals surface area contributed by atoms with Gasteiger partial charge in [0, 0.05) is 60.5 Å². The van der Waals surface area contributed by atoms with Gasteiger partial charge in [-0.15, -0.1) is 0 Å². The Balaban J connectivity index is 1.11. The van der Waals surface area contributed by atoms with Gasteiger partial charge in [-0.3, -0.25) is 0 Å². The van der Waals surface area contributed by atoms with E-state index in [1.54, 1.807) is 0 Å². The maximum atomic E-state index is 6.95. The van der Waals surface area contributed by atoms with E-state index in [0.717, 1.165) is 61.2 Å². The van der Waals surface area contributed by atoms with Crippen LogP contribution in [0.2, 0.25) is 0 Å². The molecule has 0 fully saturated rings. The fraction of sp³-hybridized carbons (Fsp3) is 0.0545. The van der Waals surface area contributed by atoms with E-state index in [2.05, 4.69) is 217 Å². The Morgan fingerprint density at radius 3 is 1.84 bits per heavy atom. The van der Waals surface area contributed by atoms with Crippen molar-refractivity contribution in [1.29, 1.82) is 0 Å². The summed E-state index contributed by atoms with van der Waals surface area (Å²) in [5, 5.41) is 7.04. The largest absolute Gasteiger partial charge is 0.455 e. The third kappa shape index (κ3) is 4.68. The Morgan fingerprint density at radius 1 is 0.414 bits per heavy atom. The van der Waals surface area contributed by atoms with Crippen LogP contribution in [0.3, 0.4) is 0 Å². The van der Waals surface area contributed by atoms with E-state index < -0.39 is 0 Å². The molecule has 0 bridgehead atoms. The number of fused-ring (bicyclic) bond motifs is 11. The van der Waals surface area contributed by atoms with Crippen molar-refractivity contribution >= 4 is 71.6 Å². The van der Waals surface area contributed by atoms with Gasteiger partial charge in [0.15, 0.2) is 0 Å². The normalized spacial score (nSPS) is 13.1. The van der Waals surface area contributed by atoms with E-state index in [1.165, 1.54) is 49.4 Å². The van der Waals surface area contributed by atoms with Crippen LogP contribution in [0.1, 0.15) is 25.0 Å². The SMILES string of the molecule is CC1(C)c2ccccc2-c2ccc(N(c3cccc(-n4c5ccccc5c5ccccc54)c3)c3ccccc3-c3cccc4c3oc3c5ccccc5ccc43)cc21. The fourth-order valence-corrected chi connectivity index (χ4v) is 9.87. The average molecular weight is 743 g/mol. The summed E-state index contributed by atoms with van der Waals surface area (Å²) in [6.07, 6.45) is 0. The molecular formula is C55H38N2O. The first kappa shape index (κ1) is 32.8.